The minimum absolute atomic E-state index is 0.637. The van der Waals surface area contributed by atoms with Crippen LogP contribution in [0.15, 0.2) is 164 Å². The number of hydrogen-bond donors (Lipinski definition) is 0. The molecule has 0 atom stereocenters. The van der Waals surface area contributed by atoms with Gasteiger partial charge in [0.25, 0.3) is 0 Å². The van der Waals surface area contributed by atoms with E-state index in [0.29, 0.717) is 17.5 Å². The Labute approximate surface area is 291 Å². The number of rotatable bonds is 5. The molecule has 0 N–H and O–H groups in total. The summed E-state index contributed by atoms with van der Waals surface area (Å²) in [4.78, 5) is 20.3. The molecule has 6 aromatic carbocycles. The molecule has 0 aliphatic rings. The van der Waals surface area contributed by atoms with E-state index in [1.54, 1.807) is 0 Å². The maximum atomic E-state index is 5.31. The average molecular weight is 658 g/mol. The van der Waals surface area contributed by atoms with Crippen LogP contribution in [0.4, 0.5) is 0 Å². The monoisotopic (exact) mass is 657 g/mol. The van der Waals surface area contributed by atoms with Gasteiger partial charge in [0, 0.05) is 48.8 Å². The summed E-state index contributed by atoms with van der Waals surface area (Å²) < 4.78 is 4.83. The number of para-hydroxylation sites is 2. The first-order valence-electron chi connectivity index (χ1n) is 16.6. The van der Waals surface area contributed by atoms with E-state index in [1.807, 2.05) is 72.0 Å². The highest BCUT2D eigenvalue weighted by atomic mass is 32.1. The van der Waals surface area contributed by atoms with Gasteiger partial charge in [0.05, 0.1) is 26.9 Å². The van der Waals surface area contributed by atoms with Crippen LogP contribution in [0.5, 0.6) is 0 Å². The third kappa shape index (κ3) is 4.61. The van der Waals surface area contributed by atoms with Crippen molar-refractivity contribution in [3.05, 3.63) is 164 Å². The van der Waals surface area contributed by atoms with Crippen LogP contribution in [0.25, 0.3) is 93.2 Å². The molecule has 4 heterocycles. The largest absolute Gasteiger partial charge is 0.308 e. The van der Waals surface area contributed by atoms with Gasteiger partial charge in [0.2, 0.25) is 0 Å². The Morgan fingerprint density at radius 3 is 1.60 bits per heavy atom. The normalized spacial score (nSPS) is 11.6. The Balaban J connectivity index is 1.30. The van der Waals surface area contributed by atoms with Crippen molar-refractivity contribution in [2.75, 3.05) is 0 Å². The lowest BCUT2D eigenvalue weighted by atomic mass is 10.0. The molecule has 10 aromatic rings. The van der Waals surface area contributed by atoms with Crippen molar-refractivity contribution in [3.63, 3.8) is 0 Å². The van der Waals surface area contributed by atoms with Crippen LogP contribution in [0.1, 0.15) is 0 Å². The molecule has 0 radical (unpaired) electrons. The molecule has 0 fully saturated rings. The molecule has 0 aliphatic carbocycles. The number of hydrogen-bond acceptors (Lipinski definition) is 5. The Morgan fingerprint density at radius 1 is 0.420 bits per heavy atom. The molecule has 0 bridgehead atoms. The summed E-state index contributed by atoms with van der Waals surface area (Å²) in [6.07, 6.45) is 0. The molecule has 0 amide bonds. The second-order valence-electron chi connectivity index (χ2n) is 12.3. The minimum Gasteiger partial charge on any atom is -0.308 e. The Hall–Kier alpha value is -6.50. The lowest BCUT2D eigenvalue weighted by Gasteiger charge is -2.12. The molecule has 0 aliphatic heterocycles. The van der Waals surface area contributed by atoms with E-state index in [4.69, 9.17) is 19.9 Å². The number of thiophene rings is 1. The van der Waals surface area contributed by atoms with Crippen molar-refractivity contribution in [3.8, 4) is 51.1 Å². The molecule has 10 rings (SSSR count). The van der Waals surface area contributed by atoms with E-state index >= 15 is 0 Å². The quantitative estimate of drug-likeness (QED) is 0.185. The van der Waals surface area contributed by atoms with Crippen LogP contribution in [0.3, 0.4) is 0 Å². The third-order valence-electron chi connectivity index (χ3n) is 9.23. The van der Waals surface area contributed by atoms with Crippen molar-refractivity contribution < 1.29 is 0 Å². The molecule has 6 heteroatoms. The molecule has 234 valence electrons. The zero-order valence-corrected chi connectivity index (χ0v) is 27.5. The lowest BCUT2D eigenvalue weighted by Crippen LogP contribution is -2.00. The van der Waals surface area contributed by atoms with Gasteiger partial charge >= 0.3 is 0 Å². The van der Waals surface area contributed by atoms with E-state index in [-0.39, 0.29) is 0 Å². The van der Waals surface area contributed by atoms with Crippen molar-refractivity contribution in [2.24, 2.45) is 0 Å². The summed E-state index contributed by atoms with van der Waals surface area (Å²) in [6.45, 7) is 0. The predicted molar refractivity (Wildman–Crippen MR) is 207 cm³/mol. The van der Waals surface area contributed by atoms with Gasteiger partial charge in [0.1, 0.15) is 0 Å². The van der Waals surface area contributed by atoms with Crippen molar-refractivity contribution in [1.82, 2.24) is 24.5 Å². The SMILES string of the molecule is c1ccc(-c2nc(-c3ccccc3)nc(-c3ccc4c(c3)c3sc5c6ccccc6nc(-c6ccccc6)c5c3n4-c3ccccc3)n2)cc1. The van der Waals surface area contributed by atoms with Crippen LogP contribution >= 0.6 is 11.3 Å². The summed E-state index contributed by atoms with van der Waals surface area (Å²) in [5.41, 5.74) is 9.29. The van der Waals surface area contributed by atoms with Gasteiger partial charge in [-0.3, -0.25) is 0 Å². The fourth-order valence-corrected chi connectivity index (χ4v) is 8.27. The van der Waals surface area contributed by atoms with Crippen molar-refractivity contribution in [1.29, 1.82) is 0 Å². The van der Waals surface area contributed by atoms with Gasteiger partial charge in [-0.05, 0) is 36.4 Å². The van der Waals surface area contributed by atoms with Gasteiger partial charge in [-0.1, -0.05) is 127 Å². The fourth-order valence-electron chi connectivity index (χ4n) is 6.93. The number of fused-ring (bicyclic) bond motifs is 7. The maximum absolute atomic E-state index is 5.31. The highest BCUT2D eigenvalue weighted by Gasteiger charge is 2.24. The highest BCUT2D eigenvalue weighted by Crippen LogP contribution is 2.48. The van der Waals surface area contributed by atoms with Gasteiger partial charge in [-0.2, -0.15) is 0 Å². The highest BCUT2D eigenvalue weighted by molar-refractivity contribution is 7.27. The molecule has 0 spiro atoms. The molecular formula is C44H27N5S. The van der Waals surface area contributed by atoms with E-state index in [2.05, 4.69) is 108 Å². The average Bonchev–Trinajstić information content (AvgIpc) is 3.74. The Kier molecular flexibility index (Phi) is 6.60. The van der Waals surface area contributed by atoms with Crippen LogP contribution in [-0.2, 0) is 0 Å². The topological polar surface area (TPSA) is 56.5 Å². The second kappa shape index (κ2) is 11.6. The number of aromatic nitrogens is 5. The van der Waals surface area contributed by atoms with E-state index < -0.39 is 0 Å². The van der Waals surface area contributed by atoms with Gasteiger partial charge < -0.3 is 4.57 Å². The summed E-state index contributed by atoms with van der Waals surface area (Å²) in [6, 6.07) is 56.5. The summed E-state index contributed by atoms with van der Waals surface area (Å²) in [5, 5.41) is 3.47. The van der Waals surface area contributed by atoms with E-state index in [9.17, 15) is 0 Å². The Bertz CT molecular complexity index is 2790. The van der Waals surface area contributed by atoms with E-state index in [0.717, 1.165) is 66.3 Å². The molecule has 50 heavy (non-hydrogen) atoms. The first kappa shape index (κ1) is 28.5. The zero-order chi connectivity index (χ0) is 33.0. The molecular weight excluding hydrogens is 631 g/mol. The van der Waals surface area contributed by atoms with Gasteiger partial charge in [-0.25, -0.2) is 19.9 Å². The van der Waals surface area contributed by atoms with Crippen LogP contribution in [0, 0.1) is 0 Å². The predicted octanol–water partition coefficient (Wildman–Crippen LogP) is 11.4. The summed E-state index contributed by atoms with van der Waals surface area (Å²) >= 11 is 1.83. The smallest absolute Gasteiger partial charge is 0.164 e. The zero-order valence-electron chi connectivity index (χ0n) is 26.7. The molecule has 5 nitrogen and oxygen atoms in total. The standard InChI is InChI=1S/C44H27N5S/c1-5-15-28(16-6-1)38-37-39-41(50-40(37)33-23-13-14-24-35(33)45-38)34-27-31(25-26-36(34)49(39)32-21-11-4-12-22-32)44-47-42(29-17-7-2-8-18-29)46-43(48-44)30-19-9-3-10-20-30/h1-27H. The minimum atomic E-state index is 0.637. The molecule has 0 unspecified atom stereocenters. The molecule has 0 saturated carbocycles. The van der Waals surface area contributed by atoms with Gasteiger partial charge in [-0.15, -0.1) is 11.3 Å². The van der Waals surface area contributed by atoms with Crippen molar-refractivity contribution >= 4 is 53.4 Å². The second-order valence-corrected chi connectivity index (χ2v) is 13.3. The molecule has 4 aromatic heterocycles. The number of nitrogens with zero attached hydrogens (tertiary/aromatic N) is 5. The van der Waals surface area contributed by atoms with Crippen LogP contribution in [0.2, 0.25) is 0 Å². The third-order valence-corrected chi connectivity index (χ3v) is 10.5. The van der Waals surface area contributed by atoms with Crippen LogP contribution < -0.4 is 0 Å². The maximum Gasteiger partial charge on any atom is 0.164 e. The fraction of sp³-hybridized carbons (Fsp3) is 0. The van der Waals surface area contributed by atoms with Crippen LogP contribution in [-0.4, -0.2) is 24.5 Å². The summed E-state index contributed by atoms with van der Waals surface area (Å²) in [5.74, 6) is 1.93. The Morgan fingerprint density at radius 2 is 0.960 bits per heavy atom. The van der Waals surface area contributed by atoms with Crippen molar-refractivity contribution in [2.45, 2.75) is 0 Å². The summed E-state index contributed by atoms with van der Waals surface area (Å²) in [7, 11) is 0. The molecule has 0 saturated heterocycles. The number of benzene rings is 6. The first-order chi connectivity index (χ1) is 24.8. The first-order valence-corrected chi connectivity index (χ1v) is 17.4. The van der Waals surface area contributed by atoms with E-state index in [1.165, 1.54) is 9.40 Å². The lowest BCUT2D eigenvalue weighted by molar-refractivity contribution is 1.07. The van der Waals surface area contributed by atoms with Gasteiger partial charge in [0.15, 0.2) is 17.5 Å². The number of pyridine rings is 1.